The van der Waals surface area contributed by atoms with E-state index >= 15 is 0 Å². The average Bonchev–Trinajstić information content (AvgIpc) is 2.36. The van der Waals surface area contributed by atoms with Crippen molar-refractivity contribution in [1.82, 2.24) is 5.32 Å². The molecular formula is C16H17ClIN. The lowest BCUT2D eigenvalue weighted by atomic mass is 9.95. The van der Waals surface area contributed by atoms with Gasteiger partial charge in [-0.3, -0.25) is 0 Å². The summed E-state index contributed by atoms with van der Waals surface area (Å²) < 4.78 is 1.23. The third-order valence-electron chi connectivity index (χ3n) is 3.39. The lowest BCUT2D eigenvalue weighted by molar-refractivity contribution is 0.691. The minimum atomic E-state index is 0.126. The van der Waals surface area contributed by atoms with Crippen molar-refractivity contribution < 1.29 is 0 Å². The second-order valence-corrected chi connectivity index (χ2v) is 6.39. The number of nitrogens with one attached hydrogen (secondary N) is 1. The zero-order chi connectivity index (χ0) is 14.0. The smallest absolute Gasteiger partial charge is 0.0589 e. The number of benzene rings is 2. The highest BCUT2D eigenvalue weighted by Gasteiger charge is 2.16. The normalized spacial score (nSPS) is 12.5. The molecule has 0 aliphatic heterocycles. The van der Waals surface area contributed by atoms with Gasteiger partial charge in [0.05, 0.1) is 6.04 Å². The molecule has 0 aliphatic carbocycles. The molecule has 2 aromatic rings. The van der Waals surface area contributed by atoms with Gasteiger partial charge in [0, 0.05) is 8.59 Å². The van der Waals surface area contributed by atoms with Crippen LogP contribution in [0.3, 0.4) is 0 Å². The van der Waals surface area contributed by atoms with E-state index in [9.17, 15) is 0 Å². The van der Waals surface area contributed by atoms with Gasteiger partial charge in [0.2, 0.25) is 0 Å². The van der Waals surface area contributed by atoms with Gasteiger partial charge in [-0.25, -0.2) is 0 Å². The molecule has 0 aromatic heterocycles. The van der Waals surface area contributed by atoms with Gasteiger partial charge < -0.3 is 5.32 Å². The molecule has 100 valence electrons. The topological polar surface area (TPSA) is 12.0 Å². The van der Waals surface area contributed by atoms with Crippen LogP contribution in [0.2, 0.25) is 5.02 Å². The fraction of sp³-hybridized carbons (Fsp3) is 0.250. The van der Waals surface area contributed by atoms with Crippen molar-refractivity contribution in [1.29, 1.82) is 0 Å². The maximum atomic E-state index is 6.42. The van der Waals surface area contributed by atoms with Gasteiger partial charge in [0.15, 0.2) is 0 Å². The van der Waals surface area contributed by atoms with Gasteiger partial charge in [0.25, 0.3) is 0 Å². The Bertz CT molecular complexity index is 595. The first kappa shape index (κ1) is 14.8. The number of halogens is 2. The van der Waals surface area contributed by atoms with Gasteiger partial charge >= 0.3 is 0 Å². The van der Waals surface area contributed by atoms with E-state index in [2.05, 4.69) is 72.1 Å². The second-order valence-electron chi connectivity index (χ2n) is 4.73. The van der Waals surface area contributed by atoms with Crippen LogP contribution in [0.1, 0.15) is 28.3 Å². The molecular weight excluding hydrogens is 369 g/mol. The molecule has 0 saturated heterocycles. The highest BCUT2D eigenvalue weighted by atomic mass is 127. The van der Waals surface area contributed by atoms with Gasteiger partial charge in [-0.2, -0.15) is 0 Å². The van der Waals surface area contributed by atoms with E-state index in [0.29, 0.717) is 0 Å². The zero-order valence-electron chi connectivity index (χ0n) is 11.3. The SMILES string of the molecule is CNC(c1cccc(I)c1)c1cc(C)c(C)cc1Cl. The van der Waals surface area contributed by atoms with Crippen molar-refractivity contribution in [3.8, 4) is 0 Å². The Balaban J connectivity index is 2.51. The highest BCUT2D eigenvalue weighted by molar-refractivity contribution is 14.1. The molecule has 1 N–H and O–H groups in total. The molecule has 0 radical (unpaired) electrons. The van der Waals surface area contributed by atoms with E-state index in [1.807, 2.05) is 13.1 Å². The monoisotopic (exact) mass is 385 g/mol. The van der Waals surface area contributed by atoms with Crippen LogP contribution in [0, 0.1) is 17.4 Å². The summed E-state index contributed by atoms with van der Waals surface area (Å²) in [6.07, 6.45) is 0. The Kier molecular flexibility index (Phi) is 4.87. The molecule has 0 aliphatic rings. The van der Waals surface area contributed by atoms with Crippen molar-refractivity contribution in [2.24, 2.45) is 0 Å². The maximum Gasteiger partial charge on any atom is 0.0589 e. The Hall–Kier alpha value is -0.580. The summed E-state index contributed by atoms with van der Waals surface area (Å²) in [5, 5.41) is 4.18. The molecule has 2 rings (SSSR count). The van der Waals surface area contributed by atoms with Crippen LogP contribution in [-0.4, -0.2) is 7.05 Å². The first-order valence-corrected chi connectivity index (χ1v) is 7.68. The molecule has 0 fully saturated rings. The van der Waals surface area contributed by atoms with Gasteiger partial charge in [-0.05, 0) is 83.9 Å². The van der Waals surface area contributed by atoms with Crippen molar-refractivity contribution in [2.75, 3.05) is 7.05 Å². The fourth-order valence-electron chi connectivity index (χ4n) is 2.21. The minimum Gasteiger partial charge on any atom is -0.309 e. The molecule has 19 heavy (non-hydrogen) atoms. The first-order valence-electron chi connectivity index (χ1n) is 6.22. The summed E-state index contributed by atoms with van der Waals surface area (Å²) in [5.74, 6) is 0. The average molecular weight is 386 g/mol. The zero-order valence-corrected chi connectivity index (χ0v) is 14.2. The quantitative estimate of drug-likeness (QED) is 0.743. The lowest BCUT2D eigenvalue weighted by Gasteiger charge is -2.20. The van der Waals surface area contributed by atoms with E-state index in [-0.39, 0.29) is 6.04 Å². The van der Waals surface area contributed by atoms with Crippen LogP contribution in [0.5, 0.6) is 0 Å². The third kappa shape index (κ3) is 3.30. The molecule has 0 saturated carbocycles. The van der Waals surface area contributed by atoms with E-state index in [1.165, 1.54) is 20.3 Å². The Morgan fingerprint density at radius 1 is 1.11 bits per heavy atom. The molecule has 0 bridgehead atoms. The molecule has 3 heteroatoms. The fourth-order valence-corrected chi connectivity index (χ4v) is 3.11. The lowest BCUT2D eigenvalue weighted by Crippen LogP contribution is -2.18. The minimum absolute atomic E-state index is 0.126. The van der Waals surface area contributed by atoms with E-state index in [4.69, 9.17) is 11.6 Å². The summed E-state index contributed by atoms with van der Waals surface area (Å²) in [4.78, 5) is 0. The third-order valence-corrected chi connectivity index (χ3v) is 4.39. The summed E-state index contributed by atoms with van der Waals surface area (Å²) >= 11 is 8.76. The van der Waals surface area contributed by atoms with Gasteiger partial charge in [-0.1, -0.05) is 29.8 Å². The largest absolute Gasteiger partial charge is 0.309 e. The van der Waals surface area contributed by atoms with E-state index in [0.717, 1.165) is 10.6 Å². The molecule has 0 spiro atoms. The van der Waals surface area contributed by atoms with Crippen molar-refractivity contribution >= 4 is 34.2 Å². The van der Waals surface area contributed by atoms with Crippen LogP contribution >= 0.6 is 34.2 Å². The van der Waals surface area contributed by atoms with Crippen LogP contribution in [0.4, 0.5) is 0 Å². The van der Waals surface area contributed by atoms with Crippen LogP contribution in [-0.2, 0) is 0 Å². The summed E-state index contributed by atoms with van der Waals surface area (Å²) in [6, 6.07) is 12.8. The number of aryl methyl sites for hydroxylation is 2. The molecule has 1 atom stereocenters. The van der Waals surface area contributed by atoms with Crippen molar-refractivity contribution in [2.45, 2.75) is 19.9 Å². The summed E-state index contributed by atoms with van der Waals surface area (Å²) in [5.41, 5.74) is 4.87. The number of rotatable bonds is 3. The van der Waals surface area contributed by atoms with Gasteiger partial charge in [-0.15, -0.1) is 0 Å². The van der Waals surface area contributed by atoms with Crippen LogP contribution in [0.15, 0.2) is 36.4 Å². The Labute approximate surface area is 133 Å². The molecule has 0 amide bonds. The first-order chi connectivity index (χ1) is 9.02. The van der Waals surface area contributed by atoms with Crippen LogP contribution < -0.4 is 5.32 Å². The predicted octanol–water partition coefficient (Wildman–Crippen LogP) is 4.87. The second kappa shape index (κ2) is 6.25. The van der Waals surface area contributed by atoms with E-state index < -0.39 is 0 Å². The van der Waals surface area contributed by atoms with Crippen LogP contribution in [0.25, 0.3) is 0 Å². The number of hydrogen-bond acceptors (Lipinski definition) is 1. The Morgan fingerprint density at radius 2 is 1.79 bits per heavy atom. The highest BCUT2D eigenvalue weighted by Crippen LogP contribution is 2.31. The summed E-state index contributed by atoms with van der Waals surface area (Å²) in [6.45, 7) is 4.21. The van der Waals surface area contributed by atoms with Crippen molar-refractivity contribution in [3.63, 3.8) is 0 Å². The summed E-state index contributed by atoms with van der Waals surface area (Å²) in [7, 11) is 1.97. The molecule has 0 heterocycles. The Morgan fingerprint density at radius 3 is 2.42 bits per heavy atom. The standard InChI is InChI=1S/C16H17ClIN/c1-10-7-14(15(17)8-11(10)2)16(19-3)12-5-4-6-13(18)9-12/h4-9,16,19H,1-3H3. The van der Waals surface area contributed by atoms with Crippen molar-refractivity contribution in [3.05, 3.63) is 67.2 Å². The molecule has 1 unspecified atom stereocenters. The maximum absolute atomic E-state index is 6.42. The van der Waals surface area contributed by atoms with Gasteiger partial charge in [0.1, 0.15) is 0 Å². The molecule has 1 nitrogen and oxygen atoms in total. The molecule has 2 aromatic carbocycles. The van der Waals surface area contributed by atoms with E-state index in [1.54, 1.807) is 0 Å². The predicted molar refractivity (Wildman–Crippen MR) is 91.0 cm³/mol. The number of hydrogen-bond donors (Lipinski definition) is 1.